The molecule has 3 N–H and O–H groups in total. The molecule has 0 radical (unpaired) electrons. The second-order valence-electron chi connectivity index (χ2n) is 8.46. The number of hydrogen-bond acceptors (Lipinski definition) is 7. The smallest absolute Gasteiger partial charge is 0.293 e. The maximum Gasteiger partial charge on any atom is 0.293 e. The van der Waals surface area contributed by atoms with Crippen molar-refractivity contribution < 1.29 is 19.2 Å². The number of ether oxygens (including phenoxy) is 1. The molecule has 35 heavy (non-hydrogen) atoms. The maximum absolute atomic E-state index is 13.1. The van der Waals surface area contributed by atoms with Gasteiger partial charge in [0.15, 0.2) is 0 Å². The largest absolute Gasteiger partial charge is 0.379 e. The van der Waals surface area contributed by atoms with Gasteiger partial charge in [0.2, 0.25) is 6.41 Å². The molecule has 11 heteroatoms. The summed E-state index contributed by atoms with van der Waals surface area (Å²) in [5, 5.41) is 20.8. The number of hydrogen-bond donors (Lipinski definition) is 3. The van der Waals surface area contributed by atoms with Crippen molar-refractivity contribution in [2.24, 2.45) is 0 Å². The highest BCUT2D eigenvalue weighted by Crippen LogP contribution is 2.34. The summed E-state index contributed by atoms with van der Waals surface area (Å²) in [6.07, 6.45) is 6.16. The van der Waals surface area contributed by atoms with Gasteiger partial charge in [-0.2, -0.15) is 0 Å². The molecule has 1 aromatic rings. The van der Waals surface area contributed by atoms with Crippen molar-refractivity contribution in [1.82, 2.24) is 15.5 Å². The van der Waals surface area contributed by atoms with Gasteiger partial charge in [0.05, 0.1) is 18.1 Å². The molecule has 0 saturated carbocycles. The number of nitro groups is 1. The highest BCUT2D eigenvalue weighted by Gasteiger charge is 2.28. The maximum atomic E-state index is 13.1. The Bertz CT molecular complexity index is 1050. The van der Waals surface area contributed by atoms with E-state index in [9.17, 15) is 19.7 Å². The SMILES string of the molecule is C=C1C=C(C(=O)N2CCCC(Nc3c(CCOCCNC=O)cc(Br)cc3[N+](=O)[O-])C2)C=C(C)N1. The Hall–Kier alpha value is -3.18. The fourth-order valence-electron chi connectivity index (χ4n) is 4.21. The van der Waals surface area contributed by atoms with E-state index in [0.717, 1.165) is 24.1 Å². The molecule has 188 valence electrons. The van der Waals surface area contributed by atoms with E-state index < -0.39 is 4.92 Å². The molecule has 10 nitrogen and oxygen atoms in total. The van der Waals surface area contributed by atoms with Crippen LogP contribution in [0.25, 0.3) is 0 Å². The highest BCUT2D eigenvalue weighted by atomic mass is 79.9. The van der Waals surface area contributed by atoms with Crippen molar-refractivity contribution in [2.45, 2.75) is 32.2 Å². The molecule has 2 heterocycles. The minimum Gasteiger partial charge on any atom is -0.379 e. The fourth-order valence-corrected chi connectivity index (χ4v) is 4.70. The molecular formula is C24H30BrN5O5. The average Bonchev–Trinajstić information content (AvgIpc) is 2.81. The van der Waals surface area contributed by atoms with Gasteiger partial charge in [-0.15, -0.1) is 0 Å². The van der Waals surface area contributed by atoms with Crippen molar-refractivity contribution in [3.8, 4) is 0 Å². The van der Waals surface area contributed by atoms with Crippen LogP contribution >= 0.6 is 15.9 Å². The number of nitrogens with zero attached hydrogens (tertiary/aromatic N) is 2. The van der Waals surface area contributed by atoms with Crippen LogP contribution in [-0.4, -0.2) is 61.0 Å². The van der Waals surface area contributed by atoms with Gasteiger partial charge in [0.25, 0.3) is 11.6 Å². The summed E-state index contributed by atoms with van der Waals surface area (Å²) in [4.78, 5) is 36.7. The van der Waals surface area contributed by atoms with E-state index >= 15 is 0 Å². The lowest BCUT2D eigenvalue weighted by molar-refractivity contribution is -0.384. The van der Waals surface area contributed by atoms with Crippen molar-refractivity contribution in [1.29, 1.82) is 0 Å². The summed E-state index contributed by atoms with van der Waals surface area (Å²) in [7, 11) is 0. The number of carbonyl (C=O) groups excluding carboxylic acids is 2. The van der Waals surface area contributed by atoms with Gasteiger partial charge in [0.1, 0.15) is 5.69 Å². The first-order valence-electron chi connectivity index (χ1n) is 11.4. The van der Waals surface area contributed by atoms with Gasteiger partial charge >= 0.3 is 0 Å². The quantitative estimate of drug-likeness (QED) is 0.168. The van der Waals surface area contributed by atoms with Gasteiger partial charge in [-0.3, -0.25) is 19.7 Å². The standard InChI is InChI=1S/C24H30BrN5O5/c1-16-10-19(11-17(2)27-16)24(32)29-7-3-4-21(14-29)28-23-18(5-8-35-9-6-26-15-31)12-20(25)13-22(23)30(33)34/h10-13,15,21,27-28H,1,3-9,14H2,2H3,(H,26,31). The lowest BCUT2D eigenvalue weighted by atomic mass is 10.0. The Balaban J connectivity index is 1.74. The first-order chi connectivity index (χ1) is 16.8. The van der Waals surface area contributed by atoms with E-state index in [0.29, 0.717) is 67.1 Å². The second kappa shape index (κ2) is 12.5. The van der Waals surface area contributed by atoms with Gasteiger partial charge in [0, 0.05) is 53.2 Å². The molecule has 2 aliphatic rings. The number of anilines is 1. The number of halogens is 1. The Morgan fingerprint density at radius 2 is 2.20 bits per heavy atom. The Labute approximate surface area is 212 Å². The number of rotatable bonds is 11. The highest BCUT2D eigenvalue weighted by molar-refractivity contribution is 9.10. The number of benzene rings is 1. The fraction of sp³-hybridized carbons (Fsp3) is 0.417. The summed E-state index contributed by atoms with van der Waals surface area (Å²) >= 11 is 3.37. The number of amides is 2. The van der Waals surface area contributed by atoms with E-state index in [4.69, 9.17) is 4.74 Å². The summed E-state index contributed by atoms with van der Waals surface area (Å²) in [6, 6.07) is 3.18. The predicted molar refractivity (Wildman–Crippen MR) is 137 cm³/mol. The van der Waals surface area contributed by atoms with Crippen LogP contribution in [0.1, 0.15) is 25.3 Å². The van der Waals surface area contributed by atoms with Gasteiger partial charge in [-0.05, 0) is 50.0 Å². The van der Waals surface area contributed by atoms with Crippen molar-refractivity contribution in [3.63, 3.8) is 0 Å². The number of piperidine rings is 1. The second-order valence-corrected chi connectivity index (χ2v) is 9.38. The summed E-state index contributed by atoms with van der Waals surface area (Å²) < 4.78 is 6.15. The molecule has 0 aliphatic carbocycles. The lowest BCUT2D eigenvalue weighted by Crippen LogP contribution is -2.46. The third-order valence-corrected chi connectivity index (χ3v) is 6.17. The molecule has 2 aliphatic heterocycles. The first-order valence-corrected chi connectivity index (χ1v) is 12.2. The first kappa shape index (κ1) is 26.4. The van der Waals surface area contributed by atoms with Crippen LogP contribution in [-0.2, 0) is 20.7 Å². The zero-order valence-electron chi connectivity index (χ0n) is 19.6. The van der Waals surface area contributed by atoms with Crippen LogP contribution in [0.2, 0.25) is 0 Å². The van der Waals surface area contributed by atoms with Gasteiger partial charge in [-0.1, -0.05) is 22.5 Å². The van der Waals surface area contributed by atoms with Crippen LogP contribution in [0, 0.1) is 10.1 Å². The molecule has 1 unspecified atom stereocenters. The summed E-state index contributed by atoms with van der Waals surface area (Å²) in [6.45, 7) is 7.92. The zero-order valence-corrected chi connectivity index (χ0v) is 21.2. The normalized spacial score (nSPS) is 17.7. The molecule has 1 atom stereocenters. The van der Waals surface area contributed by atoms with E-state index in [1.54, 1.807) is 17.1 Å². The summed E-state index contributed by atoms with van der Waals surface area (Å²) in [5.74, 6) is -0.0821. The summed E-state index contributed by atoms with van der Waals surface area (Å²) in [5.41, 5.74) is 3.25. The predicted octanol–water partition coefficient (Wildman–Crippen LogP) is 3.01. The molecule has 1 aromatic carbocycles. The molecule has 0 aromatic heterocycles. The van der Waals surface area contributed by atoms with E-state index in [2.05, 4.69) is 38.5 Å². The van der Waals surface area contributed by atoms with Crippen LogP contribution in [0.3, 0.4) is 0 Å². The minimum absolute atomic E-state index is 0.0311. The molecule has 2 amide bonds. The van der Waals surface area contributed by atoms with Crippen molar-refractivity contribution in [3.05, 3.63) is 68.0 Å². The Morgan fingerprint density at radius 3 is 2.91 bits per heavy atom. The monoisotopic (exact) mass is 547 g/mol. The van der Waals surface area contributed by atoms with E-state index in [1.807, 2.05) is 13.0 Å². The van der Waals surface area contributed by atoms with Crippen LogP contribution in [0.15, 0.2) is 52.3 Å². The van der Waals surface area contributed by atoms with Crippen LogP contribution in [0.5, 0.6) is 0 Å². The number of dihydropyridines is 1. The molecule has 0 bridgehead atoms. The lowest BCUT2D eigenvalue weighted by Gasteiger charge is -2.34. The number of allylic oxidation sites excluding steroid dienone is 2. The Morgan fingerprint density at radius 1 is 1.40 bits per heavy atom. The average molecular weight is 548 g/mol. The van der Waals surface area contributed by atoms with Crippen LogP contribution in [0.4, 0.5) is 11.4 Å². The van der Waals surface area contributed by atoms with E-state index in [-0.39, 0.29) is 17.6 Å². The van der Waals surface area contributed by atoms with Gasteiger partial charge < -0.3 is 25.6 Å². The number of carbonyl (C=O) groups is 2. The molecule has 0 spiro atoms. The molecular weight excluding hydrogens is 518 g/mol. The third kappa shape index (κ3) is 7.40. The van der Waals surface area contributed by atoms with E-state index in [1.165, 1.54) is 6.07 Å². The number of nitrogens with one attached hydrogen (secondary N) is 3. The molecule has 3 rings (SSSR count). The van der Waals surface area contributed by atoms with Gasteiger partial charge in [-0.25, -0.2) is 0 Å². The van der Waals surface area contributed by atoms with Crippen molar-refractivity contribution in [2.75, 3.05) is 38.2 Å². The molecule has 1 fully saturated rings. The number of likely N-dealkylation sites (tertiary alicyclic amines) is 1. The minimum atomic E-state index is -0.407. The number of nitro benzene ring substituents is 1. The Kier molecular flexibility index (Phi) is 9.44. The zero-order chi connectivity index (χ0) is 25.4. The van der Waals surface area contributed by atoms with Crippen LogP contribution < -0.4 is 16.0 Å². The third-order valence-electron chi connectivity index (χ3n) is 5.71. The molecule has 1 saturated heterocycles. The topological polar surface area (TPSA) is 126 Å². The van der Waals surface area contributed by atoms with Crippen molar-refractivity contribution >= 4 is 39.6 Å².